The molecule has 3 nitrogen and oxygen atoms in total. The van der Waals surface area contributed by atoms with Gasteiger partial charge < -0.3 is 5.32 Å². The molecule has 1 aromatic rings. The number of rotatable bonds is 5. The number of anilines is 1. The van der Waals surface area contributed by atoms with Gasteiger partial charge in [0.15, 0.2) is 0 Å². The van der Waals surface area contributed by atoms with Crippen molar-refractivity contribution >= 4 is 21.6 Å². The van der Waals surface area contributed by atoms with Gasteiger partial charge >= 0.3 is 0 Å². The molecule has 0 amide bonds. The maximum atomic E-state index is 8.60. The molecular formula is C13H18BrN3. The van der Waals surface area contributed by atoms with Crippen molar-refractivity contribution in [2.45, 2.75) is 33.6 Å². The van der Waals surface area contributed by atoms with Gasteiger partial charge in [-0.05, 0) is 46.8 Å². The molecular weight excluding hydrogens is 278 g/mol. The number of nitrogens with one attached hydrogen (secondary N) is 1. The lowest BCUT2D eigenvalue weighted by Crippen LogP contribution is -2.23. The Kier molecular flexibility index (Phi) is 4.95. The molecule has 0 aliphatic carbocycles. The molecule has 0 saturated heterocycles. The molecule has 0 aliphatic heterocycles. The van der Waals surface area contributed by atoms with Crippen LogP contribution in [0.5, 0.6) is 0 Å². The Morgan fingerprint density at radius 3 is 2.76 bits per heavy atom. The van der Waals surface area contributed by atoms with Gasteiger partial charge in [-0.15, -0.1) is 0 Å². The van der Waals surface area contributed by atoms with Gasteiger partial charge in [-0.1, -0.05) is 13.8 Å². The summed E-state index contributed by atoms with van der Waals surface area (Å²) in [4.78, 5) is 4.34. The summed E-state index contributed by atoms with van der Waals surface area (Å²) in [7, 11) is 0. The molecule has 17 heavy (non-hydrogen) atoms. The van der Waals surface area contributed by atoms with Gasteiger partial charge in [0.25, 0.3) is 0 Å². The lowest BCUT2D eigenvalue weighted by atomic mass is 9.88. The van der Waals surface area contributed by atoms with Crippen molar-refractivity contribution in [1.82, 2.24) is 4.98 Å². The molecule has 1 heterocycles. The highest BCUT2D eigenvalue weighted by atomic mass is 79.9. The van der Waals surface area contributed by atoms with Crippen LogP contribution in [0.15, 0.2) is 16.7 Å². The van der Waals surface area contributed by atoms with E-state index in [4.69, 9.17) is 5.26 Å². The first-order chi connectivity index (χ1) is 7.94. The standard InChI is InChI=1S/C13H18BrN3/c1-10-11(5-6-12(14)17-10)16-9-13(2,3)7-4-8-15/h5-6,16H,4,7,9H2,1-3H3. The van der Waals surface area contributed by atoms with Crippen LogP contribution in [0.4, 0.5) is 5.69 Å². The number of hydrogen-bond donors (Lipinski definition) is 1. The van der Waals surface area contributed by atoms with Crippen molar-refractivity contribution in [1.29, 1.82) is 5.26 Å². The third kappa shape index (κ3) is 4.74. The van der Waals surface area contributed by atoms with Gasteiger partial charge in [0, 0.05) is 13.0 Å². The quantitative estimate of drug-likeness (QED) is 0.838. The van der Waals surface area contributed by atoms with E-state index >= 15 is 0 Å². The molecule has 0 aromatic carbocycles. The van der Waals surface area contributed by atoms with E-state index in [0.717, 1.165) is 29.0 Å². The average molecular weight is 296 g/mol. The molecule has 0 spiro atoms. The van der Waals surface area contributed by atoms with Crippen molar-refractivity contribution in [3.63, 3.8) is 0 Å². The normalized spacial score (nSPS) is 11.0. The maximum Gasteiger partial charge on any atom is 0.106 e. The first-order valence-corrected chi connectivity index (χ1v) is 6.48. The highest BCUT2D eigenvalue weighted by Crippen LogP contribution is 2.24. The van der Waals surface area contributed by atoms with E-state index in [1.165, 1.54) is 0 Å². The van der Waals surface area contributed by atoms with Gasteiger partial charge in [-0.3, -0.25) is 0 Å². The largest absolute Gasteiger partial charge is 0.383 e. The summed E-state index contributed by atoms with van der Waals surface area (Å²) in [5.41, 5.74) is 2.16. The summed E-state index contributed by atoms with van der Waals surface area (Å²) < 4.78 is 0.851. The molecule has 0 bridgehead atoms. The van der Waals surface area contributed by atoms with Crippen LogP contribution in [0, 0.1) is 23.7 Å². The number of aromatic nitrogens is 1. The van der Waals surface area contributed by atoms with E-state index in [0.29, 0.717) is 6.42 Å². The Labute approximate surface area is 111 Å². The van der Waals surface area contributed by atoms with Gasteiger partial charge in [0.2, 0.25) is 0 Å². The number of halogens is 1. The summed E-state index contributed by atoms with van der Waals surface area (Å²) in [5.74, 6) is 0. The Morgan fingerprint density at radius 2 is 2.18 bits per heavy atom. The molecule has 4 heteroatoms. The molecule has 1 aromatic heterocycles. The van der Waals surface area contributed by atoms with Gasteiger partial charge in [-0.2, -0.15) is 5.26 Å². The van der Waals surface area contributed by atoms with E-state index in [1.807, 2.05) is 19.1 Å². The van der Waals surface area contributed by atoms with Crippen LogP contribution in [0.3, 0.4) is 0 Å². The van der Waals surface area contributed by atoms with E-state index < -0.39 is 0 Å². The smallest absolute Gasteiger partial charge is 0.106 e. The van der Waals surface area contributed by atoms with Crippen LogP contribution in [-0.2, 0) is 0 Å². The summed E-state index contributed by atoms with van der Waals surface area (Å²) in [5, 5.41) is 12.0. The van der Waals surface area contributed by atoms with Gasteiger partial charge in [-0.25, -0.2) is 4.98 Å². The molecule has 0 saturated carbocycles. The molecule has 0 fully saturated rings. The summed E-state index contributed by atoms with van der Waals surface area (Å²) in [6.45, 7) is 7.16. The van der Waals surface area contributed by atoms with Crippen molar-refractivity contribution in [2.75, 3.05) is 11.9 Å². The second-order valence-electron chi connectivity index (χ2n) is 4.94. The Hall–Kier alpha value is -1.08. The summed E-state index contributed by atoms with van der Waals surface area (Å²) in [6, 6.07) is 6.14. The van der Waals surface area contributed by atoms with Gasteiger partial charge in [0.1, 0.15) is 4.60 Å². The van der Waals surface area contributed by atoms with Crippen LogP contribution in [0.25, 0.3) is 0 Å². The molecule has 0 unspecified atom stereocenters. The SMILES string of the molecule is Cc1nc(Br)ccc1NCC(C)(C)CCC#N. The summed E-state index contributed by atoms with van der Waals surface area (Å²) in [6.07, 6.45) is 1.51. The number of pyridine rings is 1. The zero-order chi connectivity index (χ0) is 12.9. The molecule has 0 radical (unpaired) electrons. The lowest BCUT2D eigenvalue weighted by molar-refractivity contribution is 0.363. The van der Waals surface area contributed by atoms with Gasteiger partial charge in [0.05, 0.1) is 17.5 Å². The minimum Gasteiger partial charge on any atom is -0.383 e. The average Bonchev–Trinajstić information content (AvgIpc) is 2.25. The predicted molar refractivity (Wildman–Crippen MR) is 73.8 cm³/mol. The molecule has 1 N–H and O–H groups in total. The minimum atomic E-state index is 0.120. The number of aryl methyl sites for hydroxylation is 1. The van der Waals surface area contributed by atoms with Crippen molar-refractivity contribution < 1.29 is 0 Å². The van der Waals surface area contributed by atoms with Crippen LogP contribution in [0.1, 0.15) is 32.4 Å². The fourth-order valence-corrected chi connectivity index (χ4v) is 1.93. The Bertz CT molecular complexity index is 421. The maximum absolute atomic E-state index is 8.60. The number of nitrogens with zero attached hydrogens (tertiary/aromatic N) is 2. The highest BCUT2D eigenvalue weighted by Gasteiger charge is 2.17. The fourth-order valence-electron chi connectivity index (χ4n) is 1.53. The van der Waals surface area contributed by atoms with Crippen LogP contribution in [0.2, 0.25) is 0 Å². The van der Waals surface area contributed by atoms with Crippen LogP contribution in [-0.4, -0.2) is 11.5 Å². The highest BCUT2D eigenvalue weighted by molar-refractivity contribution is 9.10. The second-order valence-corrected chi connectivity index (χ2v) is 5.76. The first-order valence-electron chi connectivity index (χ1n) is 5.68. The molecule has 92 valence electrons. The number of hydrogen-bond acceptors (Lipinski definition) is 3. The van der Waals surface area contributed by atoms with Crippen LogP contribution >= 0.6 is 15.9 Å². The molecule has 0 atom stereocenters. The third-order valence-corrected chi connectivity index (χ3v) is 3.16. The summed E-state index contributed by atoms with van der Waals surface area (Å²) >= 11 is 3.35. The van der Waals surface area contributed by atoms with E-state index in [1.54, 1.807) is 0 Å². The third-order valence-electron chi connectivity index (χ3n) is 2.72. The van der Waals surface area contributed by atoms with Crippen molar-refractivity contribution in [2.24, 2.45) is 5.41 Å². The molecule has 0 aliphatic rings. The minimum absolute atomic E-state index is 0.120. The van der Waals surface area contributed by atoms with E-state index in [2.05, 4.69) is 46.1 Å². The predicted octanol–water partition coefficient (Wildman–Crippen LogP) is 3.89. The monoisotopic (exact) mass is 295 g/mol. The zero-order valence-corrected chi connectivity index (χ0v) is 12.1. The van der Waals surface area contributed by atoms with Crippen molar-refractivity contribution in [3.05, 3.63) is 22.4 Å². The van der Waals surface area contributed by atoms with Crippen LogP contribution < -0.4 is 5.32 Å². The first kappa shape index (κ1) is 14.0. The number of nitriles is 1. The lowest BCUT2D eigenvalue weighted by Gasteiger charge is -2.24. The zero-order valence-electron chi connectivity index (χ0n) is 10.5. The topological polar surface area (TPSA) is 48.7 Å². The Balaban J connectivity index is 2.58. The van der Waals surface area contributed by atoms with E-state index in [-0.39, 0.29) is 5.41 Å². The Morgan fingerprint density at radius 1 is 1.47 bits per heavy atom. The molecule has 1 rings (SSSR count). The van der Waals surface area contributed by atoms with E-state index in [9.17, 15) is 0 Å². The van der Waals surface area contributed by atoms with Crippen molar-refractivity contribution in [3.8, 4) is 6.07 Å². The fraction of sp³-hybridized carbons (Fsp3) is 0.538. The second kappa shape index (κ2) is 6.02.